The summed E-state index contributed by atoms with van der Waals surface area (Å²) in [6.45, 7) is 2.50. The van der Waals surface area contributed by atoms with Crippen LogP contribution < -0.4 is 10.5 Å². The third kappa shape index (κ3) is 5.39. The maximum absolute atomic E-state index is 12.7. The summed E-state index contributed by atoms with van der Waals surface area (Å²) in [4.78, 5) is 9.35. The first-order valence-corrected chi connectivity index (χ1v) is 7.25. The lowest BCUT2D eigenvalue weighted by Gasteiger charge is -2.05. The van der Waals surface area contributed by atoms with Gasteiger partial charge in [0, 0.05) is 5.38 Å². The van der Waals surface area contributed by atoms with Crippen LogP contribution >= 0.6 is 11.3 Å². The molecule has 1 heterocycles. The maximum Gasteiger partial charge on any atom is 0.151 e. The van der Waals surface area contributed by atoms with Crippen LogP contribution in [-0.4, -0.2) is 24.0 Å². The van der Waals surface area contributed by atoms with E-state index < -0.39 is 0 Å². The Morgan fingerprint density at radius 1 is 1.33 bits per heavy atom. The highest BCUT2D eigenvalue weighted by atomic mass is 32.1. The molecule has 0 aliphatic heterocycles. The van der Waals surface area contributed by atoms with E-state index in [4.69, 9.17) is 15.3 Å². The van der Waals surface area contributed by atoms with E-state index in [1.54, 1.807) is 23.5 Å². The van der Waals surface area contributed by atoms with Crippen molar-refractivity contribution in [2.24, 2.45) is 10.9 Å². The fourth-order valence-electron chi connectivity index (χ4n) is 1.56. The van der Waals surface area contributed by atoms with Gasteiger partial charge in [-0.15, -0.1) is 11.3 Å². The molecule has 2 rings (SSSR count). The molecule has 0 atom stereocenters. The van der Waals surface area contributed by atoms with Gasteiger partial charge in [-0.05, 0) is 31.2 Å². The van der Waals surface area contributed by atoms with Gasteiger partial charge in [0.05, 0.1) is 17.1 Å². The van der Waals surface area contributed by atoms with Crippen molar-refractivity contribution in [1.29, 1.82) is 0 Å². The molecule has 0 saturated heterocycles. The number of aryl methyl sites for hydroxylation is 1. The van der Waals surface area contributed by atoms with Gasteiger partial charge in [0.2, 0.25) is 0 Å². The summed E-state index contributed by atoms with van der Waals surface area (Å²) in [5.74, 6) is 0.644. The monoisotopic (exact) mass is 309 g/mol. The molecule has 0 amide bonds. The minimum absolute atomic E-state index is 0.258. The Kier molecular flexibility index (Phi) is 5.51. The highest BCUT2D eigenvalue weighted by molar-refractivity contribution is 7.09. The minimum Gasteiger partial charge on any atom is -0.490 e. The van der Waals surface area contributed by atoms with Crippen molar-refractivity contribution >= 4 is 17.2 Å². The molecule has 0 aliphatic rings. The van der Waals surface area contributed by atoms with Crippen molar-refractivity contribution in [1.82, 2.24) is 4.98 Å². The van der Waals surface area contributed by atoms with Gasteiger partial charge in [-0.3, -0.25) is 0 Å². The molecule has 2 aromatic rings. The number of hydrogen-bond donors (Lipinski definition) is 1. The van der Waals surface area contributed by atoms with E-state index in [2.05, 4.69) is 10.1 Å². The van der Waals surface area contributed by atoms with Crippen molar-refractivity contribution in [2.45, 2.75) is 13.3 Å². The van der Waals surface area contributed by atoms with Crippen molar-refractivity contribution < 1.29 is 14.0 Å². The molecule has 7 heteroatoms. The molecule has 0 spiro atoms. The number of ether oxygens (including phenoxy) is 1. The molecule has 112 valence electrons. The maximum atomic E-state index is 12.7. The summed E-state index contributed by atoms with van der Waals surface area (Å²) in [5, 5.41) is 6.72. The van der Waals surface area contributed by atoms with E-state index in [-0.39, 0.29) is 12.4 Å². The predicted octanol–water partition coefficient (Wildman–Crippen LogP) is 2.50. The normalized spacial score (nSPS) is 11.4. The molecule has 0 radical (unpaired) electrons. The van der Waals surface area contributed by atoms with Crippen LogP contribution in [0.4, 0.5) is 4.39 Å². The van der Waals surface area contributed by atoms with Crippen LogP contribution in [0, 0.1) is 12.7 Å². The molecule has 0 unspecified atom stereocenters. The average molecular weight is 309 g/mol. The second kappa shape index (κ2) is 7.58. The highest BCUT2D eigenvalue weighted by Crippen LogP contribution is 2.10. The summed E-state index contributed by atoms with van der Waals surface area (Å²) in [6, 6.07) is 5.78. The second-order valence-electron chi connectivity index (χ2n) is 4.25. The van der Waals surface area contributed by atoms with E-state index in [0.717, 1.165) is 10.7 Å². The molecule has 0 bridgehead atoms. The Morgan fingerprint density at radius 2 is 2.10 bits per heavy atom. The average Bonchev–Trinajstić information content (AvgIpc) is 2.86. The van der Waals surface area contributed by atoms with Crippen molar-refractivity contribution in [2.75, 3.05) is 13.2 Å². The smallest absolute Gasteiger partial charge is 0.151 e. The van der Waals surface area contributed by atoms with E-state index >= 15 is 0 Å². The number of thiazole rings is 1. The summed E-state index contributed by atoms with van der Waals surface area (Å²) in [5.41, 5.74) is 6.61. The lowest BCUT2D eigenvalue weighted by atomic mass is 10.3. The summed E-state index contributed by atoms with van der Waals surface area (Å²) >= 11 is 1.57. The van der Waals surface area contributed by atoms with E-state index in [9.17, 15) is 4.39 Å². The number of rotatable bonds is 7. The molecule has 0 saturated carbocycles. The molecule has 1 aromatic carbocycles. The van der Waals surface area contributed by atoms with Crippen molar-refractivity contribution in [3.8, 4) is 5.75 Å². The zero-order valence-corrected chi connectivity index (χ0v) is 12.4. The quantitative estimate of drug-likeness (QED) is 0.369. The summed E-state index contributed by atoms with van der Waals surface area (Å²) < 4.78 is 18.0. The van der Waals surface area contributed by atoms with Crippen LogP contribution in [-0.2, 0) is 11.3 Å². The standard InChI is InChI=1S/C14H16FN3O2S/c1-10-17-12(9-21-10)8-14(16)18-20-7-6-19-13-4-2-11(15)3-5-13/h2-5,9H,6-8H2,1H3,(H2,16,18). The molecular formula is C14H16FN3O2S. The van der Waals surface area contributed by atoms with Crippen LogP contribution in [0.2, 0.25) is 0 Å². The summed E-state index contributed by atoms with van der Waals surface area (Å²) in [6.07, 6.45) is 0.461. The Balaban J connectivity index is 1.66. The minimum atomic E-state index is -0.298. The number of nitrogens with two attached hydrogens (primary N) is 1. The van der Waals surface area contributed by atoms with Crippen LogP contribution in [0.3, 0.4) is 0 Å². The van der Waals surface area contributed by atoms with Gasteiger partial charge in [-0.2, -0.15) is 0 Å². The van der Waals surface area contributed by atoms with Crippen LogP contribution in [0.15, 0.2) is 34.8 Å². The number of nitrogens with zero attached hydrogens (tertiary/aromatic N) is 2. The largest absolute Gasteiger partial charge is 0.490 e. The highest BCUT2D eigenvalue weighted by Gasteiger charge is 2.01. The van der Waals surface area contributed by atoms with Crippen molar-refractivity contribution in [3.63, 3.8) is 0 Å². The summed E-state index contributed by atoms with van der Waals surface area (Å²) in [7, 11) is 0. The number of hydrogen-bond acceptors (Lipinski definition) is 5. The third-order valence-electron chi connectivity index (χ3n) is 2.47. The van der Waals surface area contributed by atoms with Crippen LogP contribution in [0.5, 0.6) is 5.75 Å². The van der Waals surface area contributed by atoms with E-state index in [1.165, 1.54) is 12.1 Å². The lowest BCUT2D eigenvalue weighted by Crippen LogP contribution is -2.16. The third-order valence-corrected chi connectivity index (χ3v) is 3.29. The first-order chi connectivity index (χ1) is 10.1. The Labute approximate surface area is 126 Å². The van der Waals surface area contributed by atoms with Gasteiger partial charge in [0.15, 0.2) is 6.61 Å². The topological polar surface area (TPSA) is 69.7 Å². The molecular weight excluding hydrogens is 293 g/mol. The number of halogens is 1. The zero-order chi connectivity index (χ0) is 15.1. The van der Waals surface area contributed by atoms with Gasteiger partial charge < -0.3 is 15.3 Å². The second-order valence-corrected chi connectivity index (χ2v) is 5.32. The number of aromatic nitrogens is 1. The fraction of sp³-hybridized carbons (Fsp3) is 0.286. The molecule has 0 fully saturated rings. The van der Waals surface area contributed by atoms with Crippen LogP contribution in [0.1, 0.15) is 10.7 Å². The first kappa shape index (κ1) is 15.2. The van der Waals surface area contributed by atoms with Gasteiger partial charge in [0.25, 0.3) is 0 Å². The Hall–Kier alpha value is -2.15. The molecule has 1 aromatic heterocycles. The van der Waals surface area contributed by atoms with Gasteiger partial charge in [-0.1, -0.05) is 5.16 Å². The molecule has 21 heavy (non-hydrogen) atoms. The SMILES string of the molecule is Cc1nc(CC(N)=NOCCOc2ccc(F)cc2)cs1. The van der Waals surface area contributed by atoms with Gasteiger partial charge in [-0.25, -0.2) is 9.37 Å². The molecule has 0 aliphatic carbocycles. The van der Waals surface area contributed by atoms with Gasteiger partial charge in [0.1, 0.15) is 24.0 Å². The molecule has 2 N–H and O–H groups in total. The first-order valence-electron chi connectivity index (χ1n) is 6.37. The number of oxime groups is 1. The van der Waals surface area contributed by atoms with Crippen molar-refractivity contribution in [3.05, 3.63) is 46.2 Å². The Morgan fingerprint density at radius 3 is 2.76 bits per heavy atom. The zero-order valence-electron chi connectivity index (χ0n) is 11.6. The number of amidine groups is 1. The van der Waals surface area contributed by atoms with Crippen LogP contribution in [0.25, 0.3) is 0 Å². The molecule has 5 nitrogen and oxygen atoms in total. The van der Waals surface area contributed by atoms with Gasteiger partial charge >= 0.3 is 0 Å². The number of benzene rings is 1. The fourth-order valence-corrected chi connectivity index (χ4v) is 2.18. The van der Waals surface area contributed by atoms with E-state index in [1.807, 2.05) is 12.3 Å². The predicted molar refractivity (Wildman–Crippen MR) is 80.0 cm³/mol. The van der Waals surface area contributed by atoms with E-state index in [0.29, 0.717) is 24.6 Å². The Bertz CT molecular complexity index is 599. The lowest BCUT2D eigenvalue weighted by molar-refractivity contribution is 0.106.